The zero-order chi connectivity index (χ0) is 13.9. The smallest absolute Gasteiger partial charge is 0.125 e. The van der Waals surface area contributed by atoms with Gasteiger partial charge in [0, 0.05) is 28.9 Å². The third-order valence-corrected chi connectivity index (χ3v) is 4.99. The van der Waals surface area contributed by atoms with E-state index in [4.69, 9.17) is 0 Å². The third-order valence-electron chi connectivity index (χ3n) is 3.69. The molecule has 0 aromatic heterocycles. The largest absolute Gasteiger partial charge is 0.371 e. The molecule has 0 aliphatic carbocycles. The summed E-state index contributed by atoms with van der Waals surface area (Å²) in [5, 5.41) is 0.551. The van der Waals surface area contributed by atoms with E-state index in [-0.39, 0.29) is 5.82 Å². The van der Waals surface area contributed by atoms with Crippen LogP contribution in [0.3, 0.4) is 0 Å². The average molecular weight is 287 g/mol. The molecular weight excluding hydrogens is 269 g/mol. The summed E-state index contributed by atoms with van der Waals surface area (Å²) in [6.07, 6.45) is 1.10. The fourth-order valence-corrected chi connectivity index (χ4v) is 4.03. The minimum Gasteiger partial charge on any atom is -0.371 e. The highest BCUT2D eigenvalue weighted by molar-refractivity contribution is 8.00. The lowest BCUT2D eigenvalue weighted by atomic mass is 10.1. The number of thioether (sulfide) groups is 1. The summed E-state index contributed by atoms with van der Waals surface area (Å²) in [4.78, 5) is 3.65. The Labute approximate surface area is 123 Å². The van der Waals surface area contributed by atoms with Crippen molar-refractivity contribution in [2.75, 3.05) is 18.0 Å². The van der Waals surface area contributed by atoms with Gasteiger partial charge < -0.3 is 4.90 Å². The highest BCUT2D eigenvalue weighted by Gasteiger charge is 2.23. The number of halogens is 1. The van der Waals surface area contributed by atoms with Gasteiger partial charge in [-0.2, -0.15) is 0 Å². The molecule has 1 atom stereocenters. The number of rotatable bonds is 4. The summed E-state index contributed by atoms with van der Waals surface area (Å²) in [5.74, 6) is -0.164. The van der Waals surface area contributed by atoms with Crippen molar-refractivity contribution in [3.8, 4) is 0 Å². The minimum atomic E-state index is -0.164. The maximum atomic E-state index is 13.4. The fraction of sp³-hybridized carbons (Fsp3) is 0.294. The van der Waals surface area contributed by atoms with Gasteiger partial charge in [0.1, 0.15) is 5.82 Å². The number of anilines is 1. The molecule has 3 heteroatoms. The van der Waals surface area contributed by atoms with Crippen LogP contribution >= 0.6 is 11.8 Å². The number of nitrogens with zero attached hydrogens (tertiary/aromatic N) is 1. The molecule has 3 rings (SSSR count). The van der Waals surface area contributed by atoms with Gasteiger partial charge in [-0.15, -0.1) is 11.8 Å². The van der Waals surface area contributed by atoms with Gasteiger partial charge in [-0.05, 0) is 43.2 Å². The summed E-state index contributed by atoms with van der Waals surface area (Å²) >= 11 is 1.94. The predicted molar refractivity (Wildman–Crippen MR) is 84.1 cm³/mol. The van der Waals surface area contributed by atoms with Gasteiger partial charge in [0.05, 0.1) is 0 Å². The van der Waals surface area contributed by atoms with Crippen LogP contribution in [0.2, 0.25) is 0 Å². The molecule has 1 heterocycles. The lowest BCUT2D eigenvalue weighted by molar-refractivity contribution is 0.626. The zero-order valence-electron chi connectivity index (χ0n) is 11.6. The first-order valence-electron chi connectivity index (χ1n) is 7.01. The van der Waals surface area contributed by atoms with Crippen molar-refractivity contribution in [3.63, 3.8) is 0 Å². The molecule has 0 spiro atoms. The summed E-state index contributed by atoms with van der Waals surface area (Å²) in [6.45, 7) is 3.98. The average Bonchev–Trinajstić information content (AvgIpc) is 2.87. The topological polar surface area (TPSA) is 3.24 Å². The SMILES string of the molecule is CCN(CC1Cc2ccccc2S1)c1cccc(F)c1. The molecule has 0 N–H and O–H groups in total. The number of hydrogen-bond donors (Lipinski definition) is 0. The van der Waals surface area contributed by atoms with Crippen LogP contribution in [-0.4, -0.2) is 18.3 Å². The van der Waals surface area contributed by atoms with E-state index in [0.29, 0.717) is 5.25 Å². The summed E-state index contributed by atoms with van der Waals surface area (Å²) < 4.78 is 13.4. The van der Waals surface area contributed by atoms with Crippen molar-refractivity contribution < 1.29 is 4.39 Å². The lowest BCUT2D eigenvalue weighted by Crippen LogP contribution is -2.30. The van der Waals surface area contributed by atoms with Crippen molar-refractivity contribution in [1.82, 2.24) is 0 Å². The molecule has 0 radical (unpaired) electrons. The van der Waals surface area contributed by atoms with Crippen LogP contribution in [0.1, 0.15) is 12.5 Å². The first-order valence-corrected chi connectivity index (χ1v) is 7.89. The Hall–Kier alpha value is -1.48. The normalized spacial score (nSPS) is 17.0. The van der Waals surface area contributed by atoms with Crippen LogP contribution in [0.5, 0.6) is 0 Å². The Balaban J connectivity index is 1.71. The molecule has 1 nitrogen and oxygen atoms in total. The van der Waals surface area contributed by atoms with E-state index in [9.17, 15) is 4.39 Å². The van der Waals surface area contributed by atoms with Crippen LogP contribution < -0.4 is 4.90 Å². The maximum absolute atomic E-state index is 13.4. The second kappa shape index (κ2) is 5.88. The van der Waals surface area contributed by atoms with Crippen molar-refractivity contribution in [2.45, 2.75) is 23.5 Å². The van der Waals surface area contributed by atoms with Crippen molar-refractivity contribution in [1.29, 1.82) is 0 Å². The molecule has 2 aromatic carbocycles. The number of hydrogen-bond acceptors (Lipinski definition) is 2. The Bertz CT molecular complexity index is 574. The van der Waals surface area contributed by atoms with Crippen molar-refractivity contribution in [2.24, 2.45) is 0 Å². The maximum Gasteiger partial charge on any atom is 0.125 e. The molecule has 0 amide bonds. The van der Waals surface area contributed by atoms with Crippen LogP contribution in [-0.2, 0) is 6.42 Å². The Morgan fingerprint density at radius 1 is 1.20 bits per heavy atom. The number of benzene rings is 2. The first-order chi connectivity index (χ1) is 9.76. The summed E-state index contributed by atoms with van der Waals surface area (Å²) in [5.41, 5.74) is 2.42. The predicted octanol–water partition coefficient (Wildman–Crippen LogP) is 4.37. The van der Waals surface area contributed by atoms with Crippen molar-refractivity contribution >= 4 is 17.4 Å². The molecular formula is C17H18FNS. The minimum absolute atomic E-state index is 0.164. The molecule has 2 aromatic rings. The van der Waals surface area contributed by atoms with Gasteiger partial charge in [-0.1, -0.05) is 24.3 Å². The lowest BCUT2D eigenvalue weighted by Gasteiger charge is -2.26. The monoisotopic (exact) mass is 287 g/mol. The Kier molecular flexibility index (Phi) is 3.97. The molecule has 0 fully saturated rings. The van der Waals surface area contributed by atoms with E-state index in [0.717, 1.165) is 25.2 Å². The Morgan fingerprint density at radius 2 is 2.05 bits per heavy atom. The summed E-state index contributed by atoms with van der Waals surface area (Å²) in [7, 11) is 0. The first kappa shape index (κ1) is 13.5. The van der Waals surface area contributed by atoms with E-state index in [1.54, 1.807) is 12.1 Å². The van der Waals surface area contributed by atoms with Crippen LogP contribution in [0.25, 0.3) is 0 Å². The molecule has 1 aliphatic rings. The van der Waals surface area contributed by atoms with Gasteiger partial charge >= 0.3 is 0 Å². The van der Waals surface area contributed by atoms with Gasteiger partial charge in [0.2, 0.25) is 0 Å². The van der Waals surface area contributed by atoms with Gasteiger partial charge in [0.15, 0.2) is 0 Å². The standard InChI is InChI=1S/C17H18FNS/c1-2-19(15-8-5-7-14(18)11-15)12-16-10-13-6-3-4-9-17(13)20-16/h3-9,11,16H,2,10,12H2,1H3. The molecule has 0 saturated carbocycles. The van der Waals surface area contributed by atoms with E-state index in [1.807, 2.05) is 17.8 Å². The molecule has 104 valence electrons. The van der Waals surface area contributed by atoms with Gasteiger partial charge in [-0.3, -0.25) is 0 Å². The van der Waals surface area contributed by atoms with Crippen LogP contribution in [0.4, 0.5) is 10.1 Å². The molecule has 0 bridgehead atoms. The molecule has 0 saturated heterocycles. The Morgan fingerprint density at radius 3 is 2.80 bits per heavy atom. The van der Waals surface area contributed by atoms with Crippen LogP contribution in [0.15, 0.2) is 53.4 Å². The molecule has 1 aliphatic heterocycles. The quantitative estimate of drug-likeness (QED) is 0.821. The molecule has 20 heavy (non-hydrogen) atoms. The fourth-order valence-electron chi connectivity index (χ4n) is 2.69. The highest BCUT2D eigenvalue weighted by Crippen LogP contribution is 2.37. The highest BCUT2D eigenvalue weighted by atomic mass is 32.2. The second-order valence-corrected chi connectivity index (χ2v) is 6.41. The van der Waals surface area contributed by atoms with E-state index in [2.05, 4.69) is 36.1 Å². The van der Waals surface area contributed by atoms with E-state index < -0.39 is 0 Å². The van der Waals surface area contributed by atoms with E-state index in [1.165, 1.54) is 16.5 Å². The van der Waals surface area contributed by atoms with Gasteiger partial charge in [-0.25, -0.2) is 4.39 Å². The zero-order valence-corrected chi connectivity index (χ0v) is 12.4. The van der Waals surface area contributed by atoms with Gasteiger partial charge in [0.25, 0.3) is 0 Å². The summed E-state index contributed by atoms with van der Waals surface area (Å²) in [6, 6.07) is 15.5. The third kappa shape index (κ3) is 2.83. The number of fused-ring (bicyclic) bond motifs is 1. The molecule has 1 unspecified atom stereocenters. The van der Waals surface area contributed by atoms with Crippen LogP contribution in [0, 0.1) is 5.82 Å². The second-order valence-electron chi connectivity index (χ2n) is 5.07. The van der Waals surface area contributed by atoms with E-state index >= 15 is 0 Å². The van der Waals surface area contributed by atoms with Crippen molar-refractivity contribution in [3.05, 3.63) is 59.9 Å².